The molecule has 0 aliphatic carbocycles. The Morgan fingerprint density at radius 1 is 1.42 bits per heavy atom. The van der Waals surface area contributed by atoms with E-state index in [-0.39, 0.29) is 0 Å². The van der Waals surface area contributed by atoms with Gasteiger partial charge in [0, 0.05) is 32.2 Å². The molecular weight excluding hydrogens is 302 g/mol. The topological polar surface area (TPSA) is 82.9 Å². The molecule has 0 bridgehead atoms. The Hall–Kier alpha value is -2.65. The quantitative estimate of drug-likeness (QED) is 0.829. The van der Waals surface area contributed by atoms with Crippen molar-refractivity contribution < 1.29 is 4.74 Å². The summed E-state index contributed by atoms with van der Waals surface area (Å²) >= 11 is 0. The first-order chi connectivity index (χ1) is 11.8. The van der Waals surface area contributed by atoms with Crippen molar-refractivity contribution in [2.75, 3.05) is 25.1 Å². The number of ether oxygens (including phenoxy) is 1. The van der Waals surface area contributed by atoms with Gasteiger partial charge >= 0.3 is 0 Å². The van der Waals surface area contributed by atoms with Crippen molar-refractivity contribution in [2.45, 2.75) is 19.8 Å². The number of hydrogen-bond donors (Lipinski definition) is 2. The molecule has 0 aromatic carbocycles. The number of aromatic nitrogens is 2. The number of nitrogens with zero attached hydrogens (tertiary/aromatic N) is 3. The van der Waals surface area contributed by atoms with Gasteiger partial charge < -0.3 is 15.4 Å². The average molecular weight is 323 g/mol. The van der Waals surface area contributed by atoms with Crippen molar-refractivity contribution in [3.8, 4) is 6.07 Å². The zero-order valence-electron chi connectivity index (χ0n) is 13.7. The minimum Gasteiger partial charge on any atom is -0.381 e. The number of dihydropyridines is 1. The fourth-order valence-corrected chi connectivity index (χ4v) is 2.76. The van der Waals surface area contributed by atoms with Gasteiger partial charge in [-0.2, -0.15) is 5.26 Å². The van der Waals surface area contributed by atoms with Crippen LogP contribution >= 0.6 is 0 Å². The molecule has 3 rings (SSSR count). The van der Waals surface area contributed by atoms with Crippen molar-refractivity contribution in [3.05, 3.63) is 47.6 Å². The van der Waals surface area contributed by atoms with Gasteiger partial charge in [0.15, 0.2) is 0 Å². The Bertz CT molecular complexity index is 723. The molecule has 6 nitrogen and oxygen atoms in total. The first kappa shape index (κ1) is 16.2. The summed E-state index contributed by atoms with van der Waals surface area (Å²) in [5.41, 5.74) is 2.80. The Balaban J connectivity index is 1.79. The maximum absolute atomic E-state index is 9.58. The number of aryl methyl sites for hydroxylation is 1. The highest BCUT2D eigenvalue weighted by atomic mass is 16.5. The molecule has 0 atom stereocenters. The predicted molar refractivity (Wildman–Crippen MR) is 92.8 cm³/mol. The lowest BCUT2D eigenvalue weighted by atomic mass is 10.0. The molecule has 1 fully saturated rings. The lowest BCUT2D eigenvalue weighted by Crippen LogP contribution is -2.23. The number of hydrogen-bond acceptors (Lipinski definition) is 6. The van der Waals surface area contributed by atoms with E-state index in [0.29, 0.717) is 23.1 Å². The van der Waals surface area contributed by atoms with Gasteiger partial charge in [-0.1, -0.05) is 6.08 Å². The normalized spacial score (nSPS) is 19.5. The fourth-order valence-electron chi connectivity index (χ4n) is 2.76. The van der Waals surface area contributed by atoms with E-state index in [0.717, 1.165) is 43.9 Å². The van der Waals surface area contributed by atoms with Crippen LogP contribution < -0.4 is 10.6 Å². The van der Waals surface area contributed by atoms with Gasteiger partial charge in [-0.05, 0) is 43.4 Å². The molecule has 0 unspecified atom stereocenters. The molecule has 6 heteroatoms. The molecule has 1 saturated heterocycles. The minimum absolute atomic E-state index is 0.518. The summed E-state index contributed by atoms with van der Waals surface area (Å²) in [7, 11) is 0. The van der Waals surface area contributed by atoms with Gasteiger partial charge in [0.2, 0.25) is 5.95 Å². The Morgan fingerprint density at radius 3 is 2.96 bits per heavy atom. The van der Waals surface area contributed by atoms with Gasteiger partial charge in [0.25, 0.3) is 0 Å². The van der Waals surface area contributed by atoms with Crippen LogP contribution in [-0.2, 0) is 4.74 Å². The molecule has 2 aliphatic heterocycles. The number of rotatable bonds is 4. The summed E-state index contributed by atoms with van der Waals surface area (Å²) in [6, 6.07) is 2.26. The van der Waals surface area contributed by atoms with Crippen LogP contribution in [0.5, 0.6) is 0 Å². The summed E-state index contributed by atoms with van der Waals surface area (Å²) in [6.45, 7) is 4.38. The summed E-state index contributed by atoms with van der Waals surface area (Å²) in [4.78, 5) is 8.92. The van der Waals surface area contributed by atoms with Crippen molar-refractivity contribution in [1.82, 2.24) is 15.3 Å². The molecule has 24 heavy (non-hydrogen) atoms. The first-order valence-electron chi connectivity index (χ1n) is 8.17. The van der Waals surface area contributed by atoms with E-state index in [4.69, 9.17) is 4.74 Å². The predicted octanol–water partition coefficient (Wildman–Crippen LogP) is 2.53. The highest BCUT2D eigenvalue weighted by Crippen LogP contribution is 2.22. The molecule has 2 aliphatic rings. The minimum atomic E-state index is 0.518. The highest BCUT2D eigenvalue weighted by Gasteiger charge is 2.16. The first-order valence-corrected chi connectivity index (χ1v) is 8.17. The largest absolute Gasteiger partial charge is 0.381 e. The number of nitriles is 1. The van der Waals surface area contributed by atoms with E-state index in [1.807, 2.05) is 25.2 Å². The van der Waals surface area contributed by atoms with Crippen LogP contribution in [0.25, 0.3) is 5.57 Å². The Labute approximate surface area is 142 Å². The molecule has 3 heterocycles. The third-order valence-corrected chi connectivity index (χ3v) is 4.19. The second kappa shape index (κ2) is 7.75. The second-order valence-electron chi connectivity index (χ2n) is 5.92. The summed E-state index contributed by atoms with van der Waals surface area (Å²) < 4.78 is 5.38. The van der Waals surface area contributed by atoms with E-state index in [1.54, 1.807) is 12.4 Å². The molecular formula is C18H21N5O. The van der Waals surface area contributed by atoms with E-state index in [9.17, 15) is 5.26 Å². The SMILES string of the molecule is Cc1cnc(NCC2CCOCC2)nc1C(C#N)=C1C=CC=CN1. The second-order valence-corrected chi connectivity index (χ2v) is 5.92. The van der Waals surface area contributed by atoms with E-state index < -0.39 is 0 Å². The maximum Gasteiger partial charge on any atom is 0.223 e. The molecule has 0 saturated carbocycles. The zero-order chi connectivity index (χ0) is 16.8. The standard InChI is InChI=1S/C18H21N5O/c1-13-11-21-18(22-12-14-5-8-24-9-6-14)23-17(13)15(10-19)16-4-2-3-7-20-16/h2-4,7,11,14,20H,5-6,8-9,12H2,1H3,(H,21,22,23). The lowest BCUT2D eigenvalue weighted by Gasteiger charge is -2.22. The highest BCUT2D eigenvalue weighted by molar-refractivity contribution is 5.80. The molecule has 1 aromatic rings. The summed E-state index contributed by atoms with van der Waals surface area (Å²) in [5, 5.41) is 16.0. The Kier molecular flexibility index (Phi) is 5.24. The van der Waals surface area contributed by atoms with Crippen LogP contribution in [0.2, 0.25) is 0 Å². The van der Waals surface area contributed by atoms with E-state index >= 15 is 0 Å². The van der Waals surface area contributed by atoms with E-state index in [1.165, 1.54) is 0 Å². The van der Waals surface area contributed by atoms with Gasteiger partial charge in [-0.3, -0.25) is 0 Å². The molecule has 2 N–H and O–H groups in total. The van der Waals surface area contributed by atoms with Gasteiger partial charge in [-0.15, -0.1) is 0 Å². The summed E-state index contributed by atoms with van der Waals surface area (Å²) in [6.07, 6.45) is 11.3. The van der Waals surface area contributed by atoms with Gasteiger partial charge in [0.1, 0.15) is 11.6 Å². The molecule has 0 amide bonds. The van der Waals surface area contributed by atoms with Crippen molar-refractivity contribution >= 4 is 11.5 Å². The smallest absolute Gasteiger partial charge is 0.223 e. The van der Waals surface area contributed by atoms with Gasteiger partial charge in [-0.25, -0.2) is 9.97 Å². The maximum atomic E-state index is 9.58. The monoisotopic (exact) mass is 323 g/mol. The van der Waals surface area contributed by atoms with Crippen LogP contribution in [-0.4, -0.2) is 29.7 Å². The molecule has 0 spiro atoms. The van der Waals surface area contributed by atoms with Crippen molar-refractivity contribution in [2.24, 2.45) is 5.92 Å². The third-order valence-electron chi connectivity index (χ3n) is 4.19. The van der Waals surface area contributed by atoms with Crippen LogP contribution in [0.4, 0.5) is 5.95 Å². The fraction of sp³-hybridized carbons (Fsp3) is 0.389. The van der Waals surface area contributed by atoms with Crippen molar-refractivity contribution in [1.29, 1.82) is 5.26 Å². The third kappa shape index (κ3) is 3.81. The number of nitrogens with one attached hydrogen (secondary N) is 2. The number of anilines is 1. The zero-order valence-corrected chi connectivity index (χ0v) is 13.7. The Morgan fingerprint density at radius 2 is 2.25 bits per heavy atom. The van der Waals surface area contributed by atoms with Crippen LogP contribution in [0, 0.1) is 24.2 Å². The molecule has 1 aromatic heterocycles. The van der Waals surface area contributed by atoms with Crippen LogP contribution in [0.15, 0.2) is 36.3 Å². The molecule has 124 valence electrons. The van der Waals surface area contributed by atoms with E-state index in [2.05, 4.69) is 26.7 Å². The number of allylic oxidation sites excluding steroid dienone is 4. The van der Waals surface area contributed by atoms with Gasteiger partial charge in [0.05, 0.1) is 11.4 Å². The van der Waals surface area contributed by atoms with Crippen LogP contribution in [0.3, 0.4) is 0 Å². The molecule has 0 radical (unpaired) electrons. The van der Waals surface area contributed by atoms with Crippen molar-refractivity contribution in [3.63, 3.8) is 0 Å². The average Bonchev–Trinajstić information content (AvgIpc) is 2.64. The summed E-state index contributed by atoms with van der Waals surface area (Å²) in [5.74, 6) is 1.14. The lowest BCUT2D eigenvalue weighted by molar-refractivity contribution is 0.0699. The van der Waals surface area contributed by atoms with Crippen LogP contribution in [0.1, 0.15) is 24.1 Å².